The molecule has 0 spiro atoms. The average molecular weight is 332 g/mol. The number of rotatable bonds is 3. The van der Waals surface area contributed by atoms with Crippen LogP contribution in [-0.2, 0) is 9.59 Å². The molecule has 0 N–H and O–H groups in total. The Bertz CT molecular complexity index is 611. The first-order valence-corrected chi connectivity index (χ1v) is 9.07. The topological polar surface area (TPSA) is 58.4 Å². The number of hydrogen-bond acceptors (Lipinski definition) is 3. The molecule has 0 radical (unpaired) electrons. The van der Waals surface area contributed by atoms with Crippen LogP contribution in [0.5, 0.6) is 0 Å². The van der Waals surface area contributed by atoms with Crippen molar-refractivity contribution >= 4 is 11.8 Å². The number of aryl methyl sites for hydroxylation is 2. The predicted octanol–water partition coefficient (Wildman–Crippen LogP) is 1.92. The highest BCUT2D eigenvalue weighted by atomic mass is 16.2. The quantitative estimate of drug-likeness (QED) is 0.850. The van der Waals surface area contributed by atoms with Crippen molar-refractivity contribution in [2.24, 2.45) is 5.92 Å². The zero-order valence-corrected chi connectivity index (χ0v) is 15.0. The van der Waals surface area contributed by atoms with Gasteiger partial charge in [-0.3, -0.25) is 14.3 Å². The molecule has 2 aliphatic heterocycles. The van der Waals surface area contributed by atoms with Crippen LogP contribution in [0.2, 0.25) is 0 Å². The first kappa shape index (κ1) is 17.0. The lowest BCUT2D eigenvalue weighted by Crippen LogP contribution is -2.45. The normalized spacial score (nSPS) is 20.5. The zero-order valence-electron chi connectivity index (χ0n) is 15.0. The minimum absolute atomic E-state index is 0.0936. The molecule has 2 amide bonds. The Balaban J connectivity index is 1.56. The number of piperidine rings is 1. The van der Waals surface area contributed by atoms with Gasteiger partial charge in [-0.25, -0.2) is 0 Å². The molecule has 1 atom stereocenters. The molecule has 1 aromatic heterocycles. The molecule has 2 fully saturated rings. The van der Waals surface area contributed by atoms with Crippen molar-refractivity contribution in [2.45, 2.75) is 52.5 Å². The van der Waals surface area contributed by atoms with Gasteiger partial charge >= 0.3 is 0 Å². The number of carbonyl (C=O) groups is 2. The number of hydrogen-bond donors (Lipinski definition) is 0. The molecular formula is C18H28N4O2. The van der Waals surface area contributed by atoms with Gasteiger partial charge in [0.15, 0.2) is 0 Å². The average Bonchev–Trinajstić information content (AvgIpc) is 3.22. The van der Waals surface area contributed by atoms with Gasteiger partial charge in [-0.15, -0.1) is 0 Å². The monoisotopic (exact) mass is 332 g/mol. The summed E-state index contributed by atoms with van der Waals surface area (Å²) in [5.74, 6) is 0.496. The van der Waals surface area contributed by atoms with Crippen molar-refractivity contribution in [3.63, 3.8) is 0 Å². The van der Waals surface area contributed by atoms with Crippen molar-refractivity contribution in [1.82, 2.24) is 19.6 Å². The van der Waals surface area contributed by atoms with Gasteiger partial charge in [0.05, 0.1) is 5.69 Å². The molecule has 0 bridgehead atoms. The van der Waals surface area contributed by atoms with Crippen LogP contribution < -0.4 is 0 Å². The highest BCUT2D eigenvalue weighted by Gasteiger charge is 2.33. The summed E-state index contributed by atoms with van der Waals surface area (Å²) in [6, 6.07) is 1.70. The lowest BCUT2D eigenvalue weighted by molar-refractivity contribution is -0.141. The second kappa shape index (κ2) is 6.95. The second-order valence-corrected chi connectivity index (χ2v) is 7.18. The molecule has 0 saturated carbocycles. The Kier molecular flexibility index (Phi) is 4.92. The van der Waals surface area contributed by atoms with Crippen LogP contribution in [0.4, 0.5) is 0 Å². The maximum absolute atomic E-state index is 12.8. The fourth-order valence-corrected chi connectivity index (χ4v) is 3.95. The Morgan fingerprint density at radius 1 is 1.08 bits per heavy atom. The summed E-state index contributed by atoms with van der Waals surface area (Å²) >= 11 is 0. The fraction of sp³-hybridized carbons (Fsp3) is 0.722. The summed E-state index contributed by atoms with van der Waals surface area (Å²) in [4.78, 5) is 29.1. The summed E-state index contributed by atoms with van der Waals surface area (Å²) < 4.78 is 1.80. The summed E-state index contributed by atoms with van der Waals surface area (Å²) in [5.41, 5.74) is 1.94. The molecule has 0 aromatic carbocycles. The summed E-state index contributed by atoms with van der Waals surface area (Å²) in [6.07, 6.45) is 3.82. The molecule has 2 aliphatic rings. The first-order chi connectivity index (χ1) is 11.5. The van der Waals surface area contributed by atoms with Crippen molar-refractivity contribution in [3.05, 3.63) is 17.5 Å². The molecule has 3 rings (SSSR count). The molecular weight excluding hydrogens is 304 g/mol. The molecule has 1 aromatic rings. The van der Waals surface area contributed by atoms with E-state index in [0.717, 1.165) is 50.2 Å². The third-order valence-corrected chi connectivity index (χ3v) is 5.34. The van der Waals surface area contributed by atoms with E-state index in [2.05, 4.69) is 5.10 Å². The van der Waals surface area contributed by atoms with Gasteiger partial charge in [-0.1, -0.05) is 0 Å². The van der Waals surface area contributed by atoms with Crippen molar-refractivity contribution < 1.29 is 9.59 Å². The van der Waals surface area contributed by atoms with Gasteiger partial charge in [0.2, 0.25) is 11.8 Å². The van der Waals surface area contributed by atoms with E-state index >= 15 is 0 Å². The van der Waals surface area contributed by atoms with E-state index in [0.29, 0.717) is 19.0 Å². The first-order valence-electron chi connectivity index (χ1n) is 9.07. The fourth-order valence-electron chi connectivity index (χ4n) is 3.95. The molecule has 2 saturated heterocycles. The smallest absolute Gasteiger partial charge is 0.247 e. The van der Waals surface area contributed by atoms with Crippen LogP contribution in [0.15, 0.2) is 6.07 Å². The van der Waals surface area contributed by atoms with E-state index < -0.39 is 0 Å². The molecule has 132 valence electrons. The summed E-state index contributed by atoms with van der Waals surface area (Å²) in [5, 5.41) is 4.43. The van der Waals surface area contributed by atoms with Crippen LogP contribution in [0.3, 0.4) is 0 Å². The number of carbonyl (C=O) groups excluding carboxylic acids is 2. The molecule has 6 heteroatoms. The molecule has 6 nitrogen and oxygen atoms in total. The molecule has 24 heavy (non-hydrogen) atoms. The van der Waals surface area contributed by atoms with Crippen LogP contribution >= 0.6 is 0 Å². The minimum Gasteiger partial charge on any atom is -0.342 e. The Hall–Kier alpha value is -1.85. The highest BCUT2D eigenvalue weighted by Crippen LogP contribution is 2.24. The SMILES string of the molecule is Cc1cc(C)n(C(C)C(=O)N2CCC(C(=O)N3CCCC3)CC2)n1. The van der Waals surface area contributed by atoms with E-state index in [-0.39, 0.29) is 17.9 Å². The van der Waals surface area contributed by atoms with E-state index in [1.165, 1.54) is 0 Å². The second-order valence-electron chi connectivity index (χ2n) is 7.18. The van der Waals surface area contributed by atoms with E-state index in [9.17, 15) is 9.59 Å². The van der Waals surface area contributed by atoms with E-state index in [1.54, 1.807) is 4.68 Å². The van der Waals surface area contributed by atoms with Gasteiger partial charge in [-0.2, -0.15) is 5.10 Å². The van der Waals surface area contributed by atoms with Gasteiger partial charge in [0.1, 0.15) is 6.04 Å². The number of likely N-dealkylation sites (tertiary alicyclic amines) is 2. The third kappa shape index (κ3) is 3.32. The lowest BCUT2D eigenvalue weighted by Gasteiger charge is -2.34. The number of nitrogens with zero attached hydrogens (tertiary/aromatic N) is 4. The van der Waals surface area contributed by atoms with Crippen molar-refractivity contribution in [1.29, 1.82) is 0 Å². The van der Waals surface area contributed by atoms with E-state index in [4.69, 9.17) is 0 Å². The number of aromatic nitrogens is 2. The summed E-state index contributed by atoms with van der Waals surface area (Å²) in [6.45, 7) is 8.99. The van der Waals surface area contributed by atoms with Crippen LogP contribution in [0.25, 0.3) is 0 Å². The largest absolute Gasteiger partial charge is 0.342 e. The van der Waals surface area contributed by atoms with Crippen molar-refractivity contribution in [2.75, 3.05) is 26.2 Å². The van der Waals surface area contributed by atoms with Gasteiger partial charge < -0.3 is 9.80 Å². The van der Waals surface area contributed by atoms with Crippen LogP contribution in [-0.4, -0.2) is 57.6 Å². The lowest BCUT2D eigenvalue weighted by atomic mass is 9.95. The number of amides is 2. The van der Waals surface area contributed by atoms with Crippen LogP contribution in [0.1, 0.15) is 50.0 Å². The third-order valence-electron chi connectivity index (χ3n) is 5.34. The van der Waals surface area contributed by atoms with Crippen LogP contribution in [0, 0.1) is 19.8 Å². The molecule has 0 aliphatic carbocycles. The van der Waals surface area contributed by atoms with Gasteiger partial charge in [0.25, 0.3) is 0 Å². The Labute approximate surface area is 143 Å². The minimum atomic E-state index is -0.287. The predicted molar refractivity (Wildman–Crippen MR) is 91.5 cm³/mol. The maximum Gasteiger partial charge on any atom is 0.247 e. The molecule has 1 unspecified atom stereocenters. The van der Waals surface area contributed by atoms with Crippen molar-refractivity contribution in [3.8, 4) is 0 Å². The van der Waals surface area contributed by atoms with E-state index in [1.807, 2.05) is 36.6 Å². The zero-order chi connectivity index (χ0) is 17.3. The van der Waals surface area contributed by atoms with Gasteiger partial charge in [-0.05, 0) is 52.5 Å². The highest BCUT2D eigenvalue weighted by molar-refractivity contribution is 5.82. The van der Waals surface area contributed by atoms with Gasteiger partial charge in [0, 0.05) is 37.8 Å². The maximum atomic E-state index is 12.8. The Morgan fingerprint density at radius 3 is 2.25 bits per heavy atom. The Morgan fingerprint density at radius 2 is 1.71 bits per heavy atom. The molecule has 3 heterocycles. The standard InChI is InChI=1S/C18H28N4O2/c1-13-12-14(2)22(19-13)15(3)17(23)21-10-6-16(7-11-21)18(24)20-8-4-5-9-20/h12,15-16H,4-11H2,1-3H3. The summed E-state index contributed by atoms with van der Waals surface area (Å²) in [7, 11) is 0.